The highest BCUT2D eigenvalue weighted by Gasteiger charge is 2.07. The highest BCUT2D eigenvalue weighted by atomic mass is 35.5. The number of anilines is 2. The van der Waals surface area contributed by atoms with Crippen LogP contribution in [-0.4, -0.2) is 9.55 Å². The van der Waals surface area contributed by atoms with Crippen molar-refractivity contribution in [3.63, 3.8) is 0 Å². The van der Waals surface area contributed by atoms with Crippen LogP contribution in [0.3, 0.4) is 0 Å². The molecule has 0 aliphatic carbocycles. The summed E-state index contributed by atoms with van der Waals surface area (Å²) in [5, 5.41) is 4.23. The molecule has 0 unspecified atom stereocenters. The minimum absolute atomic E-state index is 0.575. The van der Waals surface area contributed by atoms with Gasteiger partial charge in [0.1, 0.15) is 0 Å². The van der Waals surface area contributed by atoms with Crippen molar-refractivity contribution < 1.29 is 0 Å². The largest absolute Gasteiger partial charge is 0.323 e. The fourth-order valence-corrected chi connectivity index (χ4v) is 1.71. The van der Waals surface area contributed by atoms with Gasteiger partial charge >= 0.3 is 0 Å². The molecular weight excluding hydrogens is 233 g/mol. The van der Waals surface area contributed by atoms with Crippen LogP contribution in [0.2, 0.25) is 10.0 Å². The summed E-state index contributed by atoms with van der Waals surface area (Å²) in [6.45, 7) is 0. The summed E-state index contributed by atoms with van der Waals surface area (Å²) >= 11 is 12.0. The lowest BCUT2D eigenvalue weighted by atomic mass is 10.3. The van der Waals surface area contributed by atoms with Gasteiger partial charge in [-0.2, -0.15) is 0 Å². The Hall–Kier alpha value is -1.19. The molecule has 0 saturated carbocycles. The number of aryl methyl sites for hydroxylation is 1. The zero-order chi connectivity index (χ0) is 10.8. The third-order valence-corrected chi connectivity index (χ3v) is 2.65. The molecule has 3 nitrogen and oxygen atoms in total. The molecule has 0 fully saturated rings. The first kappa shape index (κ1) is 10.3. The Kier molecular flexibility index (Phi) is 2.84. The molecule has 1 aromatic carbocycles. The van der Waals surface area contributed by atoms with Crippen molar-refractivity contribution in [1.29, 1.82) is 0 Å². The van der Waals surface area contributed by atoms with Crippen LogP contribution >= 0.6 is 23.2 Å². The number of benzene rings is 1. The van der Waals surface area contributed by atoms with Gasteiger partial charge < -0.3 is 9.88 Å². The van der Waals surface area contributed by atoms with Crippen molar-refractivity contribution in [2.24, 2.45) is 7.05 Å². The predicted octanol–water partition coefficient (Wildman–Crippen LogP) is 3.47. The molecule has 1 N–H and O–H groups in total. The molecule has 0 amide bonds. The second-order valence-electron chi connectivity index (χ2n) is 3.08. The van der Waals surface area contributed by atoms with Crippen molar-refractivity contribution in [1.82, 2.24) is 9.55 Å². The van der Waals surface area contributed by atoms with Gasteiger partial charge in [0.05, 0.1) is 15.7 Å². The van der Waals surface area contributed by atoms with Crippen LogP contribution in [0, 0.1) is 0 Å². The van der Waals surface area contributed by atoms with Crippen molar-refractivity contribution in [3.8, 4) is 0 Å². The zero-order valence-electron chi connectivity index (χ0n) is 8.04. The molecule has 1 aromatic heterocycles. The fraction of sp³-hybridized carbons (Fsp3) is 0.100. The summed E-state index contributed by atoms with van der Waals surface area (Å²) in [4.78, 5) is 4.13. The van der Waals surface area contributed by atoms with E-state index in [0.717, 1.165) is 0 Å². The summed E-state index contributed by atoms with van der Waals surface area (Å²) in [6, 6.07) is 5.35. The number of para-hydroxylation sites is 1. The Labute approximate surface area is 97.6 Å². The third-order valence-electron chi connectivity index (χ3n) is 2.02. The Balaban J connectivity index is 2.36. The summed E-state index contributed by atoms with van der Waals surface area (Å²) < 4.78 is 1.85. The Morgan fingerprint density at radius 3 is 2.47 bits per heavy atom. The predicted molar refractivity (Wildman–Crippen MR) is 63.0 cm³/mol. The Morgan fingerprint density at radius 2 is 1.93 bits per heavy atom. The average Bonchev–Trinajstić information content (AvgIpc) is 2.58. The Morgan fingerprint density at radius 1 is 1.27 bits per heavy atom. The van der Waals surface area contributed by atoms with E-state index in [1.165, 1.54) is 0 Å². The number of hydrogen-bond acceptors (Lipinski definition) is 2. The quantitative estimate of drug-likeness (QED) is 0.873. The minimum Gasteiger partial charge on any atom is -0.323 e. The monoisotopic (exact) mass is 241 g/mol. The van der Waals surface area contributed by atoms with Crippen LogP contribution in [-0.2, 0) is 7.05 Å². The first-order chi connectivity index (χ1) is 7.18. The van der Waals surface area contributed by atoms with Gasteiger partial charge in [0.25, 0.3) is 0 Å². The molecule has 1 heterocycles. The fourth-order valence-electron chi connectivity index (χ4n) is 1.22. The second kappa shape index (κ2) is 4.13. The summed E-state index contributed by atoms with van der Waals surface area (Å²) in [5.41, 5.74) is 0.676. The standard InChI is InChI=1S/C10H9Cl2N3/c1-15-6-5-13-10(15)14-9-7(11)3-2-4-8(9)12/h2-6H,1H3,(H,13,14). The molecular formula is C10H9Cl2N3. The number of imidazole rings is 1. The third kappa shape index (κ3) is 2.08. The van der Waals surface area contributed by atoms with Gasteiger partial charge in [0.15, 0.2) is 0 Å². The van der Waals surface area contributed by atoms with Gasteiger partial charge in [-0.3, -0.25) is 0 Å². The molecule has 0 aliphatic rings. The molecule has 5 heteroatoms. The van der Waals surface area contributed by atoms with E-state index < -0.39 is 0 Å². The molecule has 0 aliphatic heterocycles. The molecule has 0 bridgehead atoms. The number of hydrogen-bond donors (Lipinski definition) is 1. The maximum Gasteiger partial charge on any atom is 0.207 e. The number of halogens is 2. The highest BCUT2D eigenvalue weighted by Crippen LogP contribution is 2.31. The molecule has 0 atom stereocenters. The van der Waals surface area contributed by atoms with Gasteiger partial charge in [-0.25, -0.2) is 4.98 Å². The maximum atomic E-state index is 6.01. The van der Waals surface area contributed by atoms with Crippen molar-refractivity contribution in [2.75, 3.05) is 5.32 Å². The molecule has 2 rings (SSSR count). The smallest absolute Gasteiger partial charge is 0.207 e. The van der Waals surface area contributed by atoms with Crippen molar-refractivity contribution >= 4 is 34.8 Å². The van der Waals surface area contributed by atoms with Crippen LogP contribution in [0.15, 0.2) is 30.6 Å². The number of nitrogens with zero attached hydrogens (tertiary/aromatic N) is 2. The first-order valence-electron chi connectivity index (χ1n) is 4.37. The molecule has 78 valence electrons. The van der Waals surface area contributed by atoms with E-state index in [4.69, 9.17) is 23.2 Å². The van der Waals surface area contributed by atoms with Gasteiger partial charge in [0.2, 0.25) is 5.95 Å². The van der Waals surface area contributed by atoms with Crippen LogP contribution in [0.4, 0.5) is 11.6 Å². The summed E-state index contributed by atoms with van der Waals surface area (Å²) in [7, 11) is 1.89. The lowest BCUT2D eigenvalue weighted by molar-refractivity contribution is 0.924. The molecule has 15 heavy (non-hydrogen) atoms. The van der Waals surface area contributed by atoms with Crippen LogP contribution in [0.5, 0.6) is 0 Å². The minimum atomic E-state index is 0.575. The van der Waals surface area contributed by atoms with Gasteiger partial charge in [-0.15, -0.1) is 0 Å². The van der Waals surface area contributed by atoms with Gasteiger partial charge in [-0.1, -0.05) is 29.3 Å². The molecule has 0 saturated heterocycles. The zero-order valence-corrected chi connectivity index (χ0v) is 9.55. The average molecular weight is 242 g/mol. The topological polar surface area (TPSA) is 29.9 Å². The molecule has 2 aromatic rings. The molecule has 0 radical (unpaired) electrons. The summed E-state index contributed by atoms with van der Waals surface area (Å²) in [5.74, 6) is 0.699. The maximum absolute atomic E-state index is 6.01. The van der Waals surface area contributed by atoms with Crippen LogP contribution in [0.25, 0.3) is 0 Å². The van der Waals surface area contributed by atoms with E-state index in [-0.39, 0.29) is 0 Å². The van der Waals surface area contributed by atoms with E-state index in [0.29, 0.717) is 21.7 Å². The van der Waals surface area contributed by atoms with Crippen LogP contribution < -0.4 is 5.32 Å². The van der Waals surface area contributed by atoms with Crippen molar-refractivity contribution in [3.05, 3.63) is 40.6 Å². The van der Waals surface area contributed by atoms with Crippen molar-refractivity contribution in [2.45, 2.75) is 0 Å². The van der Waals surface area contributed by atoms with E-state index >= 15 is 0 Å². The number of aromatic nitrogens is 2. The highest BCUT2D eigenvalue weighted by molar-refractivity contribution is 6.39. The normalized spacial score (nSPS) is 10.3. The van der Waals surface area contributed by atoms with E-state index in [1.54, 1.807) is 24.4 Å². The van der Waals surface area contributed by atoms with E-state index in [9.17, 15) is 0 Å². The molecule has 0 spiro atoms. The Bertz CT molecular complexity index is 459. The first-order valence-corrected chi connectivity index (χ1v) is 5.12. The van der Waals surface area contributed by atoms with Gasteiger partial charge in [0, 0.05) is 19.4 Å². The lowest BCUT2D eigenvalue weighted by Gasteiger charge is -2.09. The van der Waals surface area contributed by atoms with Crippen LogP contribution in [0.1, 0.15) is 0 Å². The van der Waals surface area contributed by atoms with E-state index in [1.807, 2.05) is 17.8 Å². The van der Waals surface area contributed by atoms with Gasteiger partial charge in [-0.05, 0) is 12.1 Å². The number of nitrogens with one attached hydrogen (secondary N) is 1. The second-order valence-corrected chi connectivity index (χ2v) is 3.90. The lowest BCUT2D eigenvalue weighted by Crippen LogP contribution is -1.99. The number of rotatable bonds is 2. The SMILES string of the molecule is Cn1ccnc1Nc1c(Cl)cccc1Cl. The summed E-state index contributed by atoms with van der Waals surface area (Å²) in [6.07, 6.45) is 3.54. The van der Waals surface area contributed by atoms with E-state index in [2.05, 4.69) is 10.3 Å².